The van der Waals surface area contributed by atoms with Crippen molar-refractivity contribution in [3.8, 4) is 11.3 Å². The lowest BCUT2D eigenvalue weighted by Gasteiger charge is -2.03. The zero-order valence-electron chi connectivity index (χ0n) is 12.3. The zero-order valence-corrected chi connectivity index (χ0v) is 13.2. The monoisotopic (exact) mass is 304 g/mol. The molecule has 2 aromatic carbocycles. The van der Waals surface area contributed by atoms with Gasteiger partial charge in [-0.1, -0.05) is 55.5 Å². The smallest absolute Gasteiger partial charge is 0.0723 e. The number of nitrogens with one attached hydrogen (secondary N) is 1. The van der Waals surface area contributed by atoms with Crippen LogP contribution in [-0.2, 0) is 0 Å². The number of nitrogens with zero attached hydrogens (tertiary/aromatic N) is 1. The fourth-order valence-electron chi connectivity index (χ4n) is 2.87. The molecule has 2 aromatic heterocycles. The maximum atomic E-state index is 4.63. The highest BCUT2D eigenvalue weighted by Crippen LogP contribution is 2.39. The van der Waals surface area contributed by atoms with Crippen molar-refractivity contribution in [3.63, 3.8) is 0 Å². The first kappa shape index (κ1) is 13.4. The second-order valence-electron chi connectivity index (χ2n) is 5.19. The molecule has 22 heavy (non-hydrogen) atoms. The Morgan fingerprint density at radius 1 is 0.955 bits per heavy atom. The molecule has 3 heteroatoms. The average molecular weight is 304 g/mol. The van der Waals surface area contributed by atoms with Crippen LogP contribution in [0.3, 0.4) is 0 Å². The van der Waals surface area contributed by atoms with E-state index in [0.29, 0.717) is 0 Å². The third kappa shape index (κ3) is 2.09. The Morgan fingerprint density at radius 2 is 1.73 bits per heavy atom. The molecule has 0 unspecified atom stereocenters. The molecule has 2 heterocycles. The largest absolute Gasteiger partial charge is 0.353 e. The summed E-state index contributed by atoms with van der Waals surface area (Å²) in [6.45, 7) is 2.19. The highest BCUT2D eigenvalue weighted by Gasteiger charge is 2.15. The lowest BCUT2D eigenvalue weighted by molar-refractivity contribution is 1.39. The summed E-state index contributed by atoms with van der Waals surface area (Å²) in [5, 5.41) is 2.39. The van der Waals surface area contributed by atoms with Crippen LogP contribution in [0.1, 0.15) is 6.92 Å². The van der Waals surface area contributed by atoms with Crippen molar-refractivity contribution < 1.29 is 0 Å². The normalized spacial score (nSPS) is 11.3. The molecule has 0 radical (unpaired) electrons. The number of aromatic amines is 1. The summed E-state index contributed by atoms with van der Waals surface area (Å²) in [6.07, 6.45) is 2.00. The van der Waals surface area contributed by atoms with Gasteiger partial charge in [-0.05, 0) is 17.4 Å². The number of hydrogen-bond donors (Lipinski definition) is 1. The van der Waals surface area contributed by atoms with Crippen LogP contribution in [-0.4, -0.2) is 15.7 Å². The van der Waals surface area contributed by atoms with E-state index in [9.17, 15) is 0 Å². The van der Waals surface area contributed by atoms with Gasteiger partial charge in [-0.3, -0.25) is 4.98 Å². The van der Waals surface area contributed by atoms with Crippen molar-refractivity contribution in [1.82, 2.24) is 9.97 Å². The number of para-hydroxylation sites is 1. The third-order valence-corrected chi connectivity index (χ3v) is 4.85. The topological polar surface area (TPSA) is 28.7 Å². The molecule has 108 valence electrons. The van der Waals surface area contributed by atoms with Crippen LogP contribution in [0.4, 0.5) is 0 Å². The molecule has 0 bridgehead atoms. The molecule has 1 N–H and O–H groups in total. The van der Waals surface area contributed by atoms with Gasteiger partial charge in [0.25, 0.3) is 0 Å². The Labute approximate surface area is 133 Å². The maximum absolute atomic E-state index is 4.63. The summed E-state index contributed by atoms with van der Waals surface area (Å²) in [6, 6.07) is 18.8. The van der Waals surface area contributed by atoms with Crippen molar-refractivity contribution in [2.45, 2.75) is 11.8 Å². The van der Waals surface area contributed by atoms with Crippen molar-refractivity contribution in [1.29, 1.82) is 0 Å². The molecule has 0 spiro atoms. The zero-order chi connectivity index (χ0) is 14.9. The molecule has 0 saturated carbocycles. The first-order valence-electron chi connectivity index (χ1n) is 7.46. The minimum Gasteiger partial charge on any atom is -0.353 e. The quantitative estimate of drug-likeness (QED) is 0.507. The number of rotatable bonds is 3. The molecule has 0 atom stereocenters. The first-order valence-corrected chi connectivity index (χ1v) is 8.44. The fraction of sp³-hybridized carbons (Fsp3) is 0.105. The van der Waals surface area contributed by atoms with Gasteiger partial charge < -0.3 is 4.98 Å². The van der Waals surface area contributed by atoms with Crippen LogP contribution < -0.4 is 0 Å². The van der Waals surface area contributed by atoms with Gasteiger partial charge >= 0.3 is 0 Å². The Bertz CT molecular complexity index is 942. The van der Waals surface area contributed by atoms with E-state index in [4.69, 9.17) is 0 Å². The summed E-state index contributed by atoms with van der Waals surface area (Å²) in [5.41, 5.74) is 4.63. The molecule has 0 aliphatic rings. The predicted octanol–water partition coefficient (Wildman–Crippen LogP) is 5.50. The van der Waals surface area contributed by atoms with Crippen LogP contribution in [0.15, 0.2) is 65.7 Å². The molecule has 0 fully saturated rings. The van der Waals surface area contributed by atoms with E-state index < -0.39 is 0 Å². The van der Waals surface area contributed by atoms with Gasteiger partial charge in [0, 0.05) is 21.9 Å². The standard InChI is InChI=1S/C19H16N2S/c1-2-22-19-15-12-20-16-11-7-6-10-14(16)18(15)21-17(19)13-8-4-3-5-9-13/h3-12,21H,2H2,1H3. The minimum absolute atomic E-state index is 1.03. The number of hydrogen-bond acceptors (Lipinski definition) is 2. The van der Waals surface area contributed by atoms with Crippen LogP contribution in [0.5, 0.6) is 0 Å². The van der Waals surface area contributed by atoms with Crippen LogP contribution in [0.2, 0.25) is 0 Å². The third-order valence-electron chi connectivity index (χ3n) is 3.85. The van der Waals surface area contributed by atoms with Gasteiger partial charge in [-0.25, -0.2) is 0 Å². The molecule has 4 aromatic rings. The average Bonchev–Trinajstić information content (AvgIpc) is 2.95. The summed E-state index contributed by atoms with van der Waals surface area (Å²) in [5.74, 6) is 1.04. The van der Waals surface area contributed by atoms with Crippen molar-refractivity contribution in [2.24, 2.45) is 0 Å². The van der Waals surface area contributed by atoms with Crippen LogP contribution in [0.25, 0.3) is 33.1 Å². The molecular weight excluding hydrogens is 288 g/mol. The lowest BCUT2D eigenvalue weighted by atomic mass is 10.1. The number of fused-ring (bicyclic) bond motifs is 3. The van der Waals surface area contributed by atoms with Gasteiger partial charge in [-0.2, -0.15) is 0 Å². The summed E-state index contributed by atoms with van der Waals surface area (Å²) < 4.78 is 0. The second kappa shape index (κ2) is 5.50. The number of benzene rings is 2. The van der Waals surface area contributed by atoms with E-state index in [1.165, 1.54) is 32.4 Å². The van der Waals surface area contributed by atoms with E-state index in [-0.39, 0.29) is 0 Å². The summed E-state index contributed by atoms with van der Waals surface area (Å²) in [7, 11) is 0. The van der Waals surface area contributed by atoms with Gasteiger partial charge in [0.2, 0.25) is 0 Å². The lowest BCUT2D eigenvalue weighted by Crippen LogP contribution is -1.80. The molecule has 4 rings (SSSR count). The predicted molar refractivity (Wildman–Crippen MR) is 95.4 cm³/mol. The summed E-state index contributed by atoms with van der Waals surface area (Å²) >= 11 is 1.87. The highest BCUT2D eigenvalue weighted by atomic mass is 32.2. The first-order chi connectivity index (χ1) is 10.9. The Balaban J connectivity index is 2.08. The van der Waals surface area contributed by atoms with Gasteiger partial charge in [-0.15, -0.1) is 11.8 Å². The molecule has 0 aliphatic heterocycles. The maximum Gasteiger partial charge on any atom is 0.0723 e. The Hall–Kier alpha value is -2.26. The van der Waals surface area contributed by atoms with E-state index in [1.807, 2.05) is 24.0 Å². The molecule has 0 amide bonds. The van der Waals surface area contributed by atoms with Crippen molar-refractivity contribution in [3.05, 3.63) is 60.8 Å². The Kier molecular flexibility index (Phi) is 3.35. The van der Waals surface area contributed by atoms with Gasteiger partial charge in [0.1, 0.15) is 0 Å². The molecule has 0 aliphatic carbocycles. The highest BCUT2D eigenvalue weighted by molar-refractivity contribution is 7.99. The van der Waals surface area contributed by atoms with Crippen molar-refractivity contribution >= 4 is 33.6 Å². The number of H-pyrrole nitrogens is 1. The van der Waals surface area contributed by atoms with E-state index >= 15 is 0 Å². The molecule has 2 nitrogen and oxygen atoms in total. The Morgan fingerprint density at radius 3 is 2.55 bits per heavy atom. The SMILES string of the molecule is CCSc1c(-c2ccccc2)[nH]c2c1cnc1ccccc12. The van der Waals surface area contributed by atoms with Gasteiger partial charge in [0.15, 0.2) is 0 Å². The van der Waals surface area contributed by atoms with Crippen LogP contribution in [0, 0.1) is 0 Å². The number of thioether (sulfide) groups is 1. The number of pyridine rings is 1. The number of aromatic nitrogens is 2. The fourth-order valence-corrected chi connectivity index (χ4v) is 3.78. The van der Waals surface area contributed by atoms with E-state index in [2.05, 4.69) is 65.4 Å². The van der Waals surface area contributed by atoms with Crippen molar-refractivity contribution in [2.75, 3.05) is 5.75 Å². The molecular formula is C19H16N2S. The van der Waals surface area contributed by atoms with E-state index in [0.717, 1.165) is 11.3 Å². The van der Waals surface area contributed by atoms with Crippen LogP contribution >= 0.6 is 11.8 Å². The molecule has 0 saturated heterocycles. The summed E-state index contributed by atoms with van der Waals surface area (Å²) in [4.78, 5) is 9.57. The van der Waals surface area contributed by atoms with E-state index in [1.54, 1.807) is 0 Å². The second-order valence-corrected chi connectivity index (χ2v) is 6.47. The minimum atomic E-state index is 1.03. The van der Waals surface area contributed by atoms with Gasteiger partial charge in [0.05, 0.1) is 16.7 Å².